The molecule has 1 aliphatic rings. The first kappa shape index (κ1) is 18.9. The van der Waals surface area contributed by atoms with Gasteiger partial charge in [0, 0.05) is 0 Å². The fraction of sp³-hybridized carbons (Fsp3) is 0.208. The number of carboxylic acid groups (broad SMARTS) is 1. The van der Waals surface area contributed by atoms with Crippen molar-refractivity contribution < 1.29 is 24.1 Å². The van der Waals surface area contributed by atoms with Crippen molar-refractivity contribution in [3.63, 3.8) is 0 Å². The van der Waals surface area contributed by atoms with Crippen LogP contribution in [0.25, 0.3) is 0 Å². The van der Waals surface area contributed by atoms with Crippen molar-refractivity contribution in [2.24, 2.45) is 0 Å². The molecule has 0 amide bonds. The summed E-state index contributed by atoms with van der Waals surface area (Å²) in [6.07, 6.45) is -1.88. The Balaban J connectivity index is 1.58. The Labute approximate surface area is 169 Å². The summed E-state index contributed by atoms with van der Waals surface area (Å²) < 4.78 is 17.7. The highest BCUT2D eigenvalue weighted by Crippen LogP contribution is 2.40. The van der Waals surface area contributed by atoms with Crippen molar-refractivity contribution in [1.29, 1.82) is 0 Å². The van der Waals surface area contributed by atoms with Gasteiger partial charge in [-0.25, -0.2) is 4.79 Å². The SMILES string of the molecule is CC(C)c1ccccc1Oc1ccc(C2Oc3ccccc3OC2C(=O)O)cc1. The summed E-state index contributed by atoms with van der Waals surface area (Å²) in [5.74, 6) is 1.71. The average Bonchev–Trinajstić information content (AvgIpc) is 2.73. The van der Waals surface area contributed by atoms with Crippen molar-refractivity contribution in [2.45, 2.75) is 32.0 Å². The zero-order valence-electron chi connectivity index (χ0n) is 16.2. The number of para-hydroxylation sites is 3. The molecule has 5 heteroatoms. The second-order valence-electron chi connectivity index (χ2n) is 7.23. The van der Waals surface area contributed by atoms with Crippen LogP contribution in [0.15, 0.2) is 72.8 Å². The largest absolute Gasteiger partial charge is 0.478 e. The third-order valence-corrected chi connectivity index (χ3v) is 4.85. The van der Waals surface area contributed by atoms with E-state index in [9.17, 15) is 9.90 Å². The van der Waals surface area contributed by atoms with Gasteiger partial charge in [-0.3, -0.25) is 0 Å². The zero-order valence-corrected chi connectivity index (χ0v) is 16.2. The van der Waals surface area contributed by atoms with Crippen LogP contribution in [0.4, 0.5) is 0 Å². The first-order chi connectivity index (χ1) is 14.0. The summed E-state index contributed by atoms with van der Waals surface area (Å²) in [5, 5.41) is 9.60. The molecule has 0 aromatic heterocycles. The molecule has 1 heterocycles. The Kier molecular flexibility index (Phi) is 5.12. The molecule has 148 valence electrons. The van der Waals surface area contributed by atoms with Gasteiger partial charge in [-0.2, -0.15) is 0 Å². The van der Waals surface area contributed by atoms with Gasteiger partial charge in [0.05, 0.1) is 0 Å². The lowest BCUT2D eigenvalue weighted by molar-refractivity contribution is -0.151. The molecule has 0 bridgehead atoms. The monoisotopic (exact) mass is 390 g/mol. The van der Waals surface area contributed by atoms with Crippen LogP contribution in [-0.4, -0.2) is 17.2 Å². The molecule has 0 fully saturated rings. The normalized spacial score (nSPS) is 17.8. The minimum atomic E-state index is -1.13. The first-order valence-electron chi connectivity index (χ1n) is 9.55. The maximum atomic E-state index is 11.7. The van der Waals surface area contributed by atoms with E-state index in [0.29, 0.717) is 28.7 Å². The van der Waals surface area contributed by atoms with Crippen LogP contribution in [-0.2, 0) is 4.79 Å². The minimum absolute atomic E-state index is 0.342. The van der Waals surface area contributed by atoms with E-state index in [1.807, 2.05) is 48.5 Å². The zero-order chi connectivity index (χ0) is 20.4. The van der Waals surface area contributed by atoms with Gasteiger partial charge in [-0.1, -0.05) is 56.3 Å². The highest BCUT2D eigenvalue weighted by molar-refractivity contribution is 5.75. The van der Waals surface area contributed by atoms with E-state index in [0.717, 1.165) is 11.3 Å². The molecule has 29 heavy (non-hydrogen) atoms. The summed E-state index contributed by atoms with van der Waals surface area (Å²) in [7, 11) is 0. The van der Waals surface area contributed by atoms with Gasteiger partial charge in [0.1, 0.15) is 11.5 Å². The summed E-state index contributed by atoms with van der Waals surface area (Å²) in [6, 6.07) is 22.3. The molecule has 4 rings (SSSR count). The Morgan fingerprint density at radius 2 is 1.52 bits per heavy atom. The molecule has 0 aliphatic carbocycles. The van der Waals surface area contributed by atoms with E-state index in [1.54, 1.807) is 18.2 Å². The fourth-order valence-corrected chi connectivity index (χ4v) is 3.37. The molecular formula is C24H22O5. The van der Waals surface area contributed by atoms with Crippen molar-refractivity contribution >= 4 is 5.97 Å². The van der Waals surface area contributed by atoms with E-state index in [1.165, 1.54) is 0 Å². The molecule has 0 saturated carbocycles. The van der Waals surface area contributed by atoms with Crippen LogP contribution >= 0.6 is 0 Å². The molecular weight excluding hydrogens is 368 g/mol. The number of aliphatic carboxylic acids is 1. The minimum Gasteiger partial charge on any atom is -0.478 e. The smallest absolute Gasteiger partial charge is 0.349 e. The summed E-state index contributed by atoms with van der Waals surface area (Å²) in [4.78, 5) is 11.7. The van der Waals surface area contributed by atoms with E-state index in [-0.39, 0.29) is 0 Å². The quantitative estimate of drug-likeness (QED) is 0.617. The van der Waals surface area contributed by atoms with Gasteiger partial charge in [0.25, 0.3) is 0 Å². The molecule has 3 aromatic rings. The van der Waals surface area contributed by atoms with Gasteiger partial charge >= 0.3 is 5.97 Å². The number of ether oxygens (including phenoxy) is 3. The van der Waals surface area contributed by atoms with E-state index in [4.69, 9.17) is 14.2 Å². The summed E-state index contributed by atoms with van der Waals surface area (Å²) in [5.41, 5.74) is 1.83. The third kappa shape index (κ3) is 3.90. The summed E-state index contributed by atoms with van der Waals surface area (Å²) in [6.45, 7) is 4.24. The highest BCUT2D eigenvalue weighted by Gasteiger charge is 2.38. The Hall–Kier alpha value is -3.47. The van der Waals surface area contributed by atoms with Crippen LogP contribution in [0.1, 0.15) is 37.0 Å². The highest BCUT2D eigenvalue weighted by atomic mass is 16.6. The Bertz CT molecular complexity index is 1010. The lowest BCUT2D eigenvalue weighted by Crippen LogP contribution is -2.39. The number of carbonyl (C=O) groups is 1. The van der Waals surface area contributed by atoms with E-state index >= 15 is 0 Å². The molecule has 0 saturated heterocycles. The third-order valence-electron chi connectivity index (χ3n) is 4.85. The lowest BCUT2D eigenvalue weighted by atomic mass is 10.0. The predicted molar refractivity (Wildman–Crippen MR) is 109 cm³/mol. The van der Waals surface area contributed by atoms with Gasteiger partial charge in [-0.05, 0) is 47.4 Å². The molecule has 0 spiro atoms. The van der Waals surface area contributed by atoms with Crippen molar-refractivity contribution in [3.05, 3.63) is 83.9 Å². The standard InChI is InChI=1S/C24H22O5/c1-15(2)18-7-3-4-8-19(18)27-17-13-11-16(12-14-17)22-23(24(25)26)29-21-10-6-5-9-20(21)28-22/h3-15,22-23H,1-2H3,(H,25,26). The molecule has 3 aromatic carbocycles. The van der Waals surface area contributed by atoms with Crippen LogP contribution in [0, 0.1) is 0 Å². The number of hydrogen-bond donors (Lipinski definition) is 1. The molecule has 1 N–H and O–H groups in total. The van der Waals surface area contributed by atoms with Gasteiger partial charge < -0.3 is 19.3 Å². The number of hydrogen-bond acceptors (Lipinski definition) is 4. The molecule has 0 radical (unpaired) electrons. The van der Waals surface area contributed by atoms with Gasteiger partial charge in [-0.15, -0.1) is 0 Å². The number of fused-ring (bicyclic) bond motifs is 1. The van der Waals surface area contributed by atoms with E-state index in [2.05, 4.69) is 19.9 Å². The number of rotatable bonds is 5. The first-order valence-corrected chi connectivity index (χ1v) is 9.55. The van der Waals surface area contributed by atoms with Gasteiger partial charge in [0.15, 0.2) is 17.6 Å². The maximum Gasteiger partial charge on any atom is 0.349 e. The second kappa shape index (κ2) is 7.87. The van der Waals surface area contributed by atoms with Gasteiger partial charge in [0.2, 0.25) is 6.10 Å². The fourth-order valence-electron chi connectivity index (χ4n) is 3.37. The molecule has 1 aliphatic heterocycles. The second-order valence-corrected chi connectivity index (χ2v) is 7.23. The van der Waals surface area contributed by atoms with Crippen molar-refractivity contribution in [3.8, 4) is 23.0 Å². The van der Waals surface area contributed by atoms with Crippen molar-refractivity contribution in [2.75, 3.05) is 0 Å². The van der Waals surface area contributed by atoms with E-state index < -0.39 is 18.2 Å². The molecule has 5 nitrogen and oxygen atoms in total. The van der Waals surface area contributed by atoms with Crippen LogP contribution < -0.4 is 14.2 Å². The van der Waals surface area contributed by atoms with Crippen LogP contribution in [0.3, 0.4) is 0 Å². The number of benzene rings is 3. The Morgan fingerprint density at radius 3 is 2.17 bits per heavy atom. The van der Waals surface area contributed by atoms with Crippen LogP contribution in [0.5, 0.6) is 23.0 Å². The predicted octanol–water partition coefficient (Wildman–Crippen LogP) is 5.57. The average molecular weight is 390 g/mol. The number of carboxylic acids is 1. The Morgan fingerprint density at radius 1 is 0.897 bits per heavy atom. The van der Waals surface area contributed by atoms with Crippen LogP contribution in [0.2, 0.25) is 0 Å². The maximum absolute atomic E-state index is 11.7. The lowest BCUT2D eigenvalue weighted by Gasteiger charge is -2.31. The molecule has 2 atom stereocenters. The van der Waals surface area contributed by atoms with Crippen molar-refractivity contribution in [1.82, 2.24) is 0 Å². The summed E-state index contributed by atoms with van der Waals surface area (Å²) >= 11 is 0. The molecule has 2 unspecified atom stereocenters. The topological polar surface area (TPSA) is 65.0 Å².